The molecule has 1 heterocycles. The third kappa shape index (κ3) is 4.61. The second kappa shape index (κ2) is 9.39. The topological polar surface area (TPSA) is 81.8 Å². The van der Waals surface area contributed by atoms with Gasteiger partial charge in [0.05, 0.1) is 6.54 Å². The number of hydrazine groups is 1. The summed E-state index contributed by atoms with van der Waals surface area (Å²) in [6.07, 6.45) is 8.72. The Morgan fingerprint density at radius 1 is 1.14 bits per heavy atom. The molecule has 7 nitrogen and oxygen atoms in total. The Kier molecular flexibility index (Phi) is 6.90. The molecule has 1 aliphatic heterocycles. The van der Waals surface area contributed by atoms with Gasteiger partial charge in [-0.05, 0) is 31.9 Å². The molecule has 1 atom stereocenters. The number of hydrogen-bond acceptors (Lipinski definition) is 4. The largest absolute Gasteiger partial charge is 0.344 e. The number of rotatable bonds is 6. The van der Waals surface area contributed by atoms with Gasteiger partial charge < -0.3 is 5.32 Å². The first kappa shape index (κ1) is 21.3. The zero-order valence-corrected chi connectivity index (χ0v) is 17.4. The lowest BCUT2D eigenvalue weighted by atomic mass is 9.87. The summed E-state index contributed by atoms with van der Waals surface area (Å²) in [7, 11) is 1.94. The molecule has 2 fully saturated rings. The van der Waals surface area contributed by atoms with Crippen LogP contribution < -0.4 is 10.7 Å². The van der Waals surface area contributed by atoms with E-state index in [0.29, 0.717) is 18.0 Å². The standard InChI is InChI=1S/C22H32N4O3/c1-3-22(17-12-8-7-9-13-17)20(28)26(21(29)23-22)24-19(27)16-25(2)18-14-10-5-4-6-11-15-18/h7-9,12-13,18H,3-6,10-11,14-16H2,1-2H3,(H,23,29)(H,24,27). The second-order valence-electron chi connectivity index (χ2n) is 8.14. The van der Waals surface area contributed by atoms with Crippen molar-refractivity contribution in [3.63, 3.8) is 0 Å². The highest BCUT2D eigenvalue weighted by atomic mass is 16.2. The SMILES string of the molecule is CCC1(c2ccccc2)NC(=O)N(NC(=O)CN(C)C2CCCCCCC2)C1=O. The van der Waals surface area contributed by atoms with Gasteiger partial charge in [0.15, 0.2) is 0 Å². The molecule has 2 N–H and O–H groups in total. The normalized spacial score (nSPS) is 23.6. The molecule has 0 aromatic heterocycles. The average molecular weight is 401 g/mol. The quantitative estimate of drug-likeness (QED) is 0.720. The summed E-state index contributed by atoms with van der Waals surface area (Å²) in [4.78, 5) is 40.2. The van der Waals surface area contributed by atoms with E-state index < -0.39 is 17.5 Å². The van der Waals surface area contributed by atoms with E-state index in [1.165, 1.54) is 32.1 Å². The monoisotopic (exact) mass is 400 g/mol. The van der Waals surface area contributed by atoms with E-state index in [9.17, 15) is 14.4 Å². The number of nitrogens with zero attached hydrogens (tertiary/aromatic N) is 2. The first-order valence-electron chi connectivity index (χ1n) is 10.7. The summed E-state index contributed by atoms with van der Waals surface area (Å²) in [5, 5.41) is 3.62. The number of nitrogens with one attached hydrogen (secondary N) is 2. The molecule has 0 radical (unpaired) electrons. The maximum absolute atomic E-state index is 13.1. The Bertz CT molecular complexity index is 731. The van der Waals surface area contributed by atoms with Gasteiger partial charge in [-0.15, -0.1) is 0 Å². The van der Waals surface area contributed by atoms with Crippen molar-refractivity contribution in [2.24, 2.45) is 0 Å². The van der Waals surface area contributed by atoms with Crippen LogP contribution in [0, 0.1) is 0 Å². The van der Waals surface area contributed by atoms with Crippen LogP contribution in [0.1, 0.15) is 63.9 Å². The lowest BCUT2D eigenvalue weighted by molar-refractivity contribution is -0.140. The van der Waals surface area contributed by atoms with Gasteiger partial charge in [-0.3, -0.25) is 19.9 Å². The summed E-state index contributed by atoms with van der Waals surface area (Å²) in [5.74, 6) is -0.795. The van der Waals surface area contributed by atoms with E-state index in [2.05, 4.69) is 10.7 Å². The van der Waals surface area contributed by atoms with Crippen molar-refractivity contribution in [1.29, 1.82) is 0 Å². The van der Waals surface area contributed by atoms with Gasteiger partial charge in [0, 0.05) is 6.04 Å². The molecule has 1 saturated carbocycles. The molecule has 1 aromatic carbocycles. The van der Waals surface area contributed by atoms with Crippen LogP contribution in [0.4, 0.5) is 4.79 Å². The van der Waals surface area contributed by atoms with Crippen LogP contribution in [0.5, 0.6) is 0 Å². The molecule has 3 rings (SSSR count). The van der Waals surface area contributed by atoms with Crippen LogP contribution in [0.2, 0.25) is 0 Å². The van der Waals surface area contributed by atoms with Gasteiger partial charge >= 0.3 is 6.03 Å². The van der Waals surface area contributed by atoms with Gasteiger partial charge in [-0.25, -0.2) is 4.79 Å². The second-order valence-corrected chi connectivity index (χ2v) is 8.14. The molecule has 1 aromatic rings. The highest BCUT2D eigenvalue weighted by Crippen LogP contribution is 2.31. The molecule has 7 heteroatoms. The fourth-order valence-corrected chi connectivity index (χ4v) is 4.43. The predicted octanol–water partition coefficient (Wildman–Crippen LogP) is 2.92. The van der Waals surface area contributed by atoms with Crippen LogP contribution >= 0.6 is 0 Å². The summed E-state index contributed by atoms with van der Waals surface area (Å²) < 4.78 is 0. The van der Waals surface area contributed by atoms with Crippen molar-refractivity contribution in [3.8, 4) is 0 Å². The fourth-order valence-electron chi connectivity index (χ4n) is 4.43. The zero-order valence-electron chi connectivity index (χ0n) is 17.4. The zero-order chi connectivity index (χ0) is 20.9. The molecule has 0 spiro atoms. The highest BCUT2D eigenvalue weighted by Gasteiger charge is 2.52. The molecular formula is C22H32N4O3. The third-order valence-electron chi connectivity index (χ3n) is 6.22. The van der Waals surface area contributed by atoms with Crippen LogP contribution in [0.25, 0.3) is 0 Å². The van der Waals surface area contributed by atoms with Crippen molar-refractivity contribution in [2.45, 2.75) is 69.9 Å². The Labute approximate surface area is 172 Å². The average Bonchev–Trinajstić information content (AvgIpc) is 2.93. The van der Waals surface area contributed by atoms with Crippen molar-refractivity contribution < 1.29 is 14.4 Å². The van der Waals surface area contributed by atoms with Gasteiger partial charge in [0.1, 0.15) is 5.54 Å². The molecule has 1 aliphatic carbocycles. The lowest BCUT2D eigenvalue weighted by Crippen LogP contribution is -2.51. The molecule has 4 amide bonds. The Morgan fingerprint density at radius 3 is 2.38 bits per heavy atom. The molecule has 2 aliphatic rings. The van der Waals surface area contributed by atoms with Gasteiger partial charge in [0.2, 0.25) is 0 Å². The lowest BCUT2D eigenvalue weighted by Gasteiger charge is -2.29. The highest BCUT2D eigenvalue weighted by molar-refractivity contribution is 6.08. The van der Waals surface area contributed by atoms with Gasteiger partial charge in [-0.2, -0.15) is 5.01 Å². The van der Waals surface area contributed by atoms with E-state index >= 15 is 0 Å². The van der Waals surface area contributed by atoms with Crippen LogP contribution in [-0.4, -0.2) is 47.4 Å². The van der Waals surface area contributed by atoms with Crippen molar-refractivity contribution in [2.75, 3.05) is 13.6 Å². The van der Waals surface area contributed by atoms with Crippen LogP contribution in [0.15, 0.2) is 30.3 Å². The maximum Gasteiger partial charge on any atom is 0.344 e. The smallest absolute Gasteiger partial charge is 0.318 e. The Balaban J connectivity index is 1.64. The van der Waals surface area contributed by atoms with E-state index in [1.807, 2.05) is 49.2 Å². The number of benzene rings is 1. The van der Waals surface area contributed by atoms with E-state index in [4.69, 9.17) is 0 Å². The maximum atomic E-state index is 13.1. The molecule has 1 unspecified atom stereocenters. The molecule has 29 heavy (non-hydrogen) atoms. The Hall–Kier alpha value is -2.41. The number of hydrogen-bond donors (Lipinski definition) is 2. The van der Waals surface area contributed by atoms with Crippen molar-refractivity contribution >= 4 is 17.8 Å². The minimum Gasteiger partial charge on any atom is -0.318 e. The number of imide groups is 1. The number of carbonyl (C=O) groups excluding carboxylic acids is 3. The number of carbonyl (C=O) groups is 3. The minimum atomic E-state index is -1.14. The van der Waals surface area contributed by atoms with Crippen molar-refractivity contribution in [1.82, 2.24) is 20.7 Å². The molecule has 0 bridgehead atoms. The number of likely N-dealkylation sites (N-methyl/N-ethyl adjacent to an activating group) is 1. The summed E-state index contributed by atoms with van der Waals surface area (Å²) in [5.41, 5.74) is 2.10. The van der Waals surface area contributed by atoms with Gasteiger partial charge in [-0.1, -0.05) is 69.4 Å². The van der Waals surface area contributed by atoms with E-state index in [-0.39, 0.29) is 12.5 Å². The van der Waals surface area contributed by atoms with Crippen molar-refractivity contribution in [3.05, 3.63) is 35.9 Å². The minimum absolute atomic E-state index is 0.159. The predicted molar refractivity (Wildman–Crippen MR) is 111 cm³/mol. The first-order chi connectivity index (χ1) is 14.0. The van der Waals surface area contributed by atoms with E-state index in [1.54, 1.807) is 0 Å². The van der Waals surface area contributed by atoms with Crippen LogP contribution in [0.3, 0.4) is 0 Å². The summed E-state index contributed by atoms with van der Waals surface area (Å²) >= 11 is 0. The number of urea groups is 1. The summed E-state index contributed by atoms with van der Waals surface area (Å²) in [6.45, 7) is 2.01. The molecule has 158 valence electrons. The third-order valence-corrected chi connectivity index (χ3v) is 6.22. The first-order valence-corrected chi connectivity index (χ1v) is 10.7. The Morgan fingerprint density at radius 2 is 1.76 bits per heavy atom. The number of amides is 4. The molecular weight excluding hydrogens is 368 g/mol. The molecule has 1 saturated heterocycles. The van der Waals surface area contributed by atoms with Gasteiger partial charge in [0.25, 0.3) is 11.8 Å². The van der Waals surface area contributed by atoms with E-state index in [0.717, 1.165) is 17.9 Å². The fraction of sp³-hybridized carbons (Fsp3) is 0.591. The summed E-state index contributed by atoms with van der Waals surface area (Å²) in [6, 6.07) is 8.92. The van der Waals surface area contributed by atoms with Crippen LogP contribution in [-0.2, 0) is 15.1 Å².